The van der Waals surface area contributed by atoms with Crippen molar-refractivity contribution >= 4 is 11.5 Å². The highest BCUT2D eigenvalue weighted by Crippen LogP contribution is 2.09. The zero-order chi connectivity index (χ0) is 13.7. The van der Waals surface area contributed by atoms with Gasteiger partial charge in [0, 0.05) is 19.7 Å². The van der Waals surface area contributed by atoms with Gasteiger partial charge in [-0.2, -0.15) is 0 Å². The summed E-state index contributed by atoms with van der Waals surface area (Å²) in [5.74, 6) is 0.148. The van der Waals surface area contributed by atoms with E-state index in [1.807, 2.05) is 13.8 Å². The van der Waals surface area contributed by atoms with Gasteiger partial charge in [0.05, 0.1) is 6.10 Å². The van der Waals surface area contributed by atoms with Gasteiger partial charge in [0.2, 0.25) is 0 Å². The molecule has 0 amide bonds. The number of aromatic amines is 1. The summed E-state index contributed by atoms with van der Waals surface area (Å²) < 4.78 is 6.64. The average molecular weight is 256 g/mol. The molecule has 0 saturated heterocycles. The summed E-state index contributed by atoms with van der Waals surface area (Å²) in [6.07, 6.45) is -0.0456. The highest BCUT2D eigenvalue weighted by atomic mass is 16.5. The Morgan fingerprint density at radius 2 is 2.11 bits per heavy atom. The zero-order valence-corrected chi connectivity index (χ0v) is 10.9. The Labute approximate surface area is 105 Å². The van der Waals surface area contributed by atoms with Gasteiger partial charge in [-0.25, -0.2) is 4.79 Å². The van der Waals surface area contributed by atoms with E-state index in [0.29, 0.717) is 19.7 Å². The van der Waals surface area contributed by atoms with Crippen molar-refractivity contribution in [1.29, 1.82) is 0 Å². The lowest BCUT2D eigenvalue weighted by atomic mass is 10.3. The van der Waals surface area contributed by atoms with Crippen molar-refractivity contribution in [2.24, 2.45) is 0 Å². The molecule has 0 aliphatic carbocycles. The number of hydrogen-bond donors (Lipinski definition) is 3. The predicted molar refractivity (Wildman–Crippen MR) is 71.0 cm³/mol. The van der Waals surface area contributed by atoms with Crippen LogP contribution in [0, 0.1) is 0 Å². The predicted octanol–water partition coefficient (Wildman–Crippen LogP) is -0.0244. The van der Waals surface area contributed by atoms with Crippen LogP contribution < -0.4 is 22.3 Å². The Hall–Kier alpha value is -1.76. The molecule has 1 aromatic heterocycles. The fraction of sp³-hybridized carbons (Fsp3) is 0.636. The first-order chi connectivity index (χ1) is 8.51. The number of hydrogen-bond acceptors (Lipinski definition) is 5. The third-order valence-electron chi connectivity index (χ3n) is 2.57. The standard InChI is InChI=1S/C11H20N4O3/c1-4-15-9(12)8(10(16)14-11(15)17)13-6-7(3)18-5-2/h7,13H,4-6,12H2,1-3H3,(H,14,16,17). The number of ether oxygens (including phenoxy) is 1. The summed E-state index contributed by atoms with van der Waals surface area (Å²) in [6, 6.07) is 0. The molecule has 0 aromatic carbocycles. The minimum atomic E-state index is -0.508. The maximum atomic E-state index is 11.6. The van der Waals surface area contributed by atoms with Crippen LogP contribution in [0.15, 0.2) is 9.59 Å². The lowest BCUT2D eigenvalue weighted by Gasteiger charge is -2.15. The fourth-order valence-electron chi connectivity index (χ4n) is 1.66. The fourth-order valence-corrected chi connectivity index (χ4v) is 1.66. The van der Waals surface area contributed by atoms with Crippen LogP contribution in [-0.2, 0) is 11.3 Å². The quantitative estimate of drug-likeness (QED) is 0.663. The van der Waals surface area contributed by atoms with Gasteiger partial charge >= 0.3 is 5.69 Å². The molecule has 0 spiro atoms. The molecule has 0 bridgehead atoms. The summed E-state index contributed by atoms with van der Waals surface area (Å²) in [4.78, 5) is 25.3. The molecule has 0 aliphatic heterocycles. The van der Waals surface area contributed by atoms with Gasteiger partial charge < -0.3 is 15.8 Å². The molecule has 1 unspecified atom stereocenters. The maximum Gasteiger partial charge on any atom is 0.330 e. The molecule has 0 radical (unpaired) electrons. The molecule has 18 heavy (non-hydrogen) atoms. The SMILES string of the molecule is CCOC(C)CNc1c(N)n(CC)c(=O)[nH]c1=O. The van der Waals surface area contributed by atoms with E-state index in [-0.39, 0.29) is 17.6 Å². The molecule has 1 heterocycles. The highest BCUT2D eigenvalue weighted by Gasteiger charge is 2.11. The van der Waals surface area contributed by atoms with E-state index in [2.05, 4.69) is 10.3 Å². The Kier molecular flexibility index (Phi) is 4.96. The summed E-state index contributed by atoms with van der Waals surface area (Å²) in [7, 11) is 0. The van der Waals surface area contributed by atoms with E-state index >= 15 is 0 Å². The van der Waals surface area contributed by atoms with Gasteiger partial charge in [-0.05, 0) is 20.8 Å². The van der Waals surface area contributed by atoms with Crippen molar-refractivity contribution in [1.82, 2.24) is 9.55 Å². The van der Waals surface area contributed by atoms with Crippen LogP contribution in [0.4, 0.5) is 11.5 Å². The number of nitrogens with two attached hydrogens (primary N) is 1. The summed E-state index contributed by atoms with van der Waals surface area (Å²) in [5, 5.41) is 2.91. The zero-order valence-electron chi connectivity index (χ0n) is 10.9. The van der Waals surface area contributed by atoms with Crippen LogP contribution in [0.25, 0.3) is 0 Å². The average Bonchev–Trinajstić information content (AvgIpc) is 2.29. The second-order valence-corrected chi connectivity index (χ2v) is 3.91. The van der Waals surface area contributed by atoms with Crippen molar-refractivity contribution in [3.63, 3.8) is 0 Å². The second kappa shape index (κ2) is 6.25. The molecule has 7 heteroatoms. The lowest BCUT2D eigenvalue weighted by Crippen LogP contribution is -2.34. The van der Waals surface area contributed by atoms with Crippen molar-refractivity contribution < 1.29 is 4.74 Å². The molecule has 0 fully saturated rings. The number of nitrogen functional groups attached to an aromatic ring is 1. The van der Waals surface area contributed by atoms with E-state index < -0.39 is 11.2 Å². The first-order valence-electron chi connectivity index (χ1n) is 5.99. The first kappa shape index (κ1) is 14.3. The van der Waals surface area contributed by atoms with Crippen LogP contribution >= 0.6 is 0 Å². The molecule has 1 aromatic rings. The van der Waals surface area contributed by atoms with Crippen molar-refractivity contribution in [3.05, 3.63) is 20.8 Å². The van der Waals surface area contributed by atoms with Crippen LogP contribution in [0.2, 0.25) is 0 Å². The third-order valence-corrected chi connectivity index (χ3v) is 2.57. The normalized spacial score (nSPS) is 12.4. The maximum absolute atomic E-state index is 11.6. The number of aromatic nitrogens is 2. The Balaban J connectivity index is 2.96. The topological polar surface area (TPSA) is 102 Å². The van der Waals surface area contributed by atoms with Gasteiger partial charge in [0.1, 0.15) is 11.5 Å². The molecule has 0 saturated carbocycles. The van der Waals surface area contributed by atoms with Crippen molar-refractivity contribution in [3.8, 4) is 0 Å². The van der Waals surface area contributed by atoms with Gasteiger partial charge in [-0.3, -0.25) is 14.3 Å². The number of nitrogens with zero attached hydrogens (tertiary/aromatic N) is 1. The molecule has 4 N–H and O–H groups in total. The van der Waals surface area contributed by atoms with E-state index in [1.54, 1.807) is 6.92 Å². The summed E-state index contributed by atoms with van der Waals surface area (Å²) in [6.45, 7) is 7.01. The molecule has 1 rings (SSSR count). The lowest BCUT2D eigenvalue weighted by molar-refractivity contribution is 0.0855. The van der Waals surface area contributed by atoms with Gasteiger partial charge in [-0.15, -0.1) is 0 Å². The van der Waals surface area contributed by atoms with Crippen molar-refractivity contribution in [2.45, 2.75) is 33.4 Å². The minimum absolute atomic E-state index is 0.0456. The molecular weight excluding hydrogens is 236 g/mol. The minimum Gasteiger partial charge on any atom is -0.383 e. The second-order valence-electron chi connectivity index (χ2n) is 3.91. The summed E-state index contributed by atoms with van der Waals surface area (Å²) >= 11 is 0. The number of rotatable bonds is 6. The Morgan fingerprint density at radius 3 is 2.67 bits per heavy atom. The molecule has 7 nitrogen and oxygen atoms in total. The van der Waals surface area contributed by atoms with Crippen LogP contribution in [0.1, 0.15) is 20.8 Å². The van der Waals surface area contributed by atoms with Crippen LogP contribution in [-0.4, -0.2) is 28.8 Å². The van der Waals surface area contributed by atoms with Crippen LogP contribution in [0.3, 0.4) is 0 Å². The van der Waals surface area contributed by atoms with E-state index in [9.17, 15) is 9.59 Å². The first-order valence-corrected chi connectivity index (χ1v) is 5.99. The smallest absolute Gasteiger partial charge is 0.330 e. The molecule has 0 aliphatic rings. The monoisotopic (exact) mass is 256 g/mol. The third kappa shape index (κ3) is 3.13. The van der Waals surface area contributed by atoms with Crippen LogP contribution in [0.5, 0.6) is 0 Å². The van der Waals surface area contributed by atoms with E-state index in [0.717, 1.165) is 0 Å². The van der Waals surface area contributed by atoms with Gasteiger partial charge in [-0.1, -0.05) is 0 Å². The largest absolute Gasteiger partial charge is 0.383 e. The molecule has 102 valence electrons. The van der Waals surface area contributed by atoms with E-state index in [1.165, 1.54) is 4.57 Å². The van der Waals surface area contributed by atoms with Gasteiger partial charge in [0.15, 0.2) is 0 Å². The Bertz CT molecular complexity index is 506. The highest BCUT2D eigenvalue weighted by molar-refractivity contribution is 5.60. The summed E-state index contributed by atoms with van der Waals surface area (Å²) in [5.41, 5.74) is 5.00. The molecular formula is C11H20N4O3. The van der Waals surface area contributed by atoms with E-state index in [4.69, 9.17) is 10.5 Å². The number of nitrogens with one attached hydrogen (secondary N) is 2. The number of H-pyrrole nitrogens is 1. The van der Waals surface area contributed by atoms with Gasteiger partial charge in [0.25, 0.3) is 5.56 Å². The van der Waals surface area contributed by atoms with Crippen molar-refractivity contribution in [2.75, 3.05) is 24.2 Å². The Morgan fingerprint density at radius 1 is 1.44 bits per heavy atom. The molecule has 1 atom stereocenters. The number of anilines is 2.